The second-order valence-electron chi connectivity index (χ2n) is 7.25. The summed E-state index contributed by atoms with van der Waals surface area (Å²) in [6, 6.07) is 24.0. The van der Waals surface area contributed by atoms with Crippen LogP contribution in [-0.2, 0) is 14.8 Å². The van der Waals surface area contributed by atoms with Gasteiger partial charge in [-0.05, 0) is 50.2 Å². The van der Waals surface area contributed by atoms with Crippen molar-refractivity contribution < 1.29 is 17.9 Å². The number of ether oxygens (including phenoxy) is 1. The van der Waals surface area contributed by atoms with Crippen molar-refractivity contribution in [3.63, 3.8) is 0 Å². The molecule has 31 heavy (non-hydrogen) atoms. The van der Waals surface area contributed by atoms with Gasteiger partial charge >= 0.3 is 0 Å². The zero-order valence-corrected chi connectivity index (χ0v) is 18.4. The lowest BCUT2D eigenvalue weighted by Crippen LogP contribution is -2.45. The molecule has 3 aromatic carbocycles. The molecule has 3 aromatic rings. The number of rotatable bonds is 9. The number of benzene rings is 3. The number of sulfonamides is 1. The third kappa shape index (κ3) is 6.08. The van der Waals surface area contributed by atoms with Crippen LogP contribution in [0.1, 0.15) is 12.5 Å². The number of anilines is 1. The molecule has 1 N–H and O–H groups in total. The number of hydrogen-bond donors (Lipinski definition) is 1. The first kappa shape index (κ1) is 22.4. The lowest BCUT2D eigenvalue weighted by molar-refractivity contribution is -0.120. The van der Waals surface area contributed by atoms with E-state index in [0.717, 1.165) is 9.87 Å². The molecule has 0 aliphatic heterocycles. The Bertz CT molecular complexity index is 1090. The van der Waals surface area contributed by atoms with Gasteiger partial charge < -0.3 is 10.1 Å². The lowest BCUT2D eigenvalue weighted by Gasteiger charge is -2.25. The average molecular weight is 439 g/mol. The van der Waals surface area contributed by atoms with Crippen molar-refractivity contribution in [3.8, 4) is 5.75 Å². The molecule has 0 aromatic heterocycles. The minimum atomic E-state index is -3.90. The summed E-state index contributed by atoms with van der Waals surface area (Å²) in [5.41, 5.74) is 1.55. The molecule has 0 fully saturated rings. The molecule has 0 bridgehead atoms. The van der Waals surface area contributed by atoms with Crippen LogP contribution in [0.4, 0.5) is 5.69 Å². The summed E-state index contributed by atoms with van der Waals surface area (Å²) in [6.45, 7) is 3.74. The Morgan fingerprint density at radius 2 is 1.52 bits per heavy atom. The first-order valence-corrected chi connectivity index (χ1v) is 11.4. The smallest absolute Gasteiger partial charge is 0.264 e. The van der Waals surface area contributed by atoms with E-state index in [4.69, 9.17) is 4.74 Å². The Morgan fingerprint density at radius 3 is 2.13 bits per heavy atom. The molecule has 6 nitrogen and oxygen atoms in total. The third-order valence-corrected chi connectivity index (χ3v) is 6.38. The fraction of sp³-hybridized carbons (Fsp3) is 0.208. The summed E-state index contributed by atoms with van der Waals surface area (Å²) in [5, 5.41) is 2.82. The first-order chi connectivity index (χ1) is 14.9. The minimum Gasteiger partial charge on any atom is -0.491 e. The van der Waals surface area contributed by atoms with E-state index in [-0.39, 0.29) is 24.1 Å². The van der Waals surface area contributed by atoms with Crippen LogP contribution in [0, 0.1) is 6.92 Å². The van der Waals surface area contributed by atoms with E-state index in [9.17, 15) is 13.2 Å². The van der Waals surface area contributed by atoms with E-state index in [2.05, 4.69) is 5.32 Å². The molecular weight excluding hydrogens is 412 g/mol. The highest BCUT2D eigenvalue weighted by Crippen LogP contribution is 2.23. The van der Waals surface area contributed by atoms with E-state index < -0.39 is 15.9 Å². The van der Waals surface area contributed by atoms with Crippen molar-refractivity contribution in [2.24, 2.45) is 0 Å². The maximum absolute atomic E-state index is 13.2. The maximum atomic E-state index is 13.2. The molecule has 0 spiro atoms. The fourth-order valence-corrected chi connectivity index (χ4v) is 4.42. The fourth-order valence-electron chi connectivity index (χ4n) is 2.98. The quantitative estimate of drug-likeness (QED) is 0.552. The molecule has 0 aliphatic carbocycles. The van der Waals surface area contributed by atoms with E-state index in [0.29, 0.717) is 11.4 Å². The van der Waals surface area contributed by atoms with Gasteiger partial charge in [0.05, 0.1) is 16.6 Å². The minimum absolute atomic E-state index is 0.127. The third-order valence-electron chi connectivity index (χ3n) is 4.59. The van der Waals surface area contributed by atoms with Gasteiger partial charge in [-0.2, -0.15) is 0 Å². The molecule has 162 valence electrons. The summed E-state index contributed by atoms with van der Waals surface area (Å²) in [6.07, 6.45) is 0. The van der Waals surface area contributed by atoms with Crippen LogP contribution in [0.25, 0.3) is 0 Å². The molecule has 0 saturated carbocycles. The Hall–Kier alpha value is -3.32. The largest absolute Gasteiger partial charge is 0.491 e. The van der Waals surface area contributed by atoms with Crippen LogP contribution in [0.5, 0.6) is 5.75 Å². The number of nitrogens with zero attached hydrogens (tertiary/aromatic N) is 1. The summed E-state index contributed by atoms with van der Waals surface area (Å²) in [7, 11) is -3.90. The summed E-state index contributed by atoms with van der Waals surface area (Å²) in [4.78, 5) is 12.8. The highest BCUT2D eigenvalue weighted by Gasteiger charge is 2.27. The van der Waals surface area contributed by atoms with Crippen molar-refractivity contribution in [3.05, 3.63) is 90.5 Å². The van der Waals surface area contributed by atoms with E-state index in [1.807, 2.05) is 38.1 Å². The Balaban J connectivity index is 1.69. The molecule has 0 radical (unpaired) electrons. The van der Waals surface area contributed by atoms with Gasteiger partial charge in [0.1, 0.15) is 18.9 Å². The molecule has 3 rings (SSSR count). The predicted octanol–water partition coefficient (Wildman–Crippen LogP) is 3.77. The highest BCUT2D eigenvalue weighted by molar-refractivity contribution is 7.92. The topological polar surface area (TPSA) is 75.7 Å². The van der Waals surface area contributed by atoms with Crippen molar-refractivity contribution >= 4 is 21.6 Å². The van der Waals surface area contributed by atoms with Gasteiger partial charge in [0, 0.05) is 0 Å². The SMILES string of the molecule is Cc1ccc(OC[C@H](C)NC(=O)CN(c2ccccc2)S(=O)(=O)c2ccccc2)cc1. The number of hydrogen-bond acceptors (Lipinski definition) is 4. The molecule has 7 heteroatoms. The normalized spacial score (nSPS) is 12.1. The van der Waals surface area contributed by atoms with E-state index in [1.165, 1.54) is 12.1 Å². The van der Waals surface area contributed by atoms with Gasteiger partial charge in [-0.1, -0.05) is 54.1 Å². The van der Waals surface area contributed by atoms with Crippen LogP contribution in [0.2, 0.25) is 0 Å². The summed E-state index contributed by atoms with van der Waals surface area (Å²) in [5.74, 6) is 0.299. The number of amides is 1. The van der Waals surface area contributed by atoms with Gasteiger partial charge in [-0.3, -0.25) is 9.10 Å². The van der Waals surface area contributed by atoms with Gasteiger partial charge in [-0.25, -0.2) is 8.42 Å². The number of aryl methyl sites for hydroxylation is 1. The van der Waals surface area contributed by atoms with Crippen LogP contribution < -0.4 is 14.4 Å². The van der Waals surface area contributed by atoms with Crippen LogP contribution >= 0.6 is 0 Å². The van der Waals surface area contributed by atoms with Crippen molar-refractivity contribution in [2.75, 3.05) is 17.5 Å². The van der Waals surface area contributed by atoms with Gasteiger partial charge in [0.15, 0.2) is 0 Å². The molecule has 0 aliphatic rings. The standard InChI is InChI=1S/C24H26N2O4S/c1-19-13-15-22(16-14-19)30-18-20(2)25-24(27)17-26(21-9-5-3-6-10-21)31(28,29)23-11-7-4-8-12-23/h3-16,20H,17-18H2,1-2H3,(H,25,27)/t20-/m0/s1. The van der Waals surface area contributed by atoms with Crippen molar-refractivity contribution in [2.45, 2.75) is 24.8 Å². The molecule has 0 saturated heterocycles. The Kier molecular flexibility index (Phi) is 7.31. The second kappa shape index (κ2) is 10.1. The lowest BCUT2D eigenvalue weighted by atomic mass is 10.2. The van der Waals surface area contributed by atoms with Crippen molar-refractivity contribution in [1.29, 1.82) is 0 Å². The maximum Gasteiger partial charge on any atom is 0.264 e. The monoisotopic (exact) mass is 438 g/mol. The van der Waals surface area contributed by atoms with Gasteiger partial charge in [0.2, 0.25) is 5.91 Å². The second-order valence-corrected chi connectivity index (χ2v) is 9.12. The zero-order valence-electron chi connectivity index (χ0n) is 17.6. The van der Waals surface area contributed by atoms with E-state index >= 15 is 0 Å². The average Bonchev–Trinajstić information content (AvgIpc) is 2.78. The van der Waals surface area contributed by atoms with Gasteiger partial charge in [0.25, 0.3) is 10.0 Å². The summed E-state index contributed by atoms with van der Waals surface area (Å²) >= 11 is 0. The molecule has 1 atom stereocenters. The molecule has 1 amide bonds. The highest BCUT2D eigenvalue weighted by atomic mass is 32.2. The zero-order chi connectivity index (χ0) is 22.3. The first-order valence-electron chi connectivity index (χ1n) is 9.98. The number of carbonyl (C=O) groups is 1. The Morgan fingerprint density at radius 1 is 0.935 bits per heavy atom. The molecule has 0 unspecified atom stereocenters. The molecular formula is C24H26N2O4S. The van der Waals surface area contributed by atoms with Gasteiger partial charge in [-0.15, -0.1) is 0 Å². The number of para-hydroxylation sites is 1. The van der Waals surface area contributed by atoms with E-state index in [1.54, 1.807) is 48.5 Å². The van der Waals surface area contributed by atoms with Crippen LogP contribution in [0.15, 0.2) is 89.8 Å². The predicted molar refractivity (Wildman–Crippen MR) is 122 cm³/mol. The van der Waals surface area contributed by atoms with Crippen LogP contribution in [0.3, 0.4) is 0 Å². The number of nitrogens with one attached hydrogen (secondary N) is 1. The van der Waals surface area contributed by atoms with Crippen molar-refractivity contribution in [1.82, 2.24) is 5.32 Å². The Labute approximate surface area is 183 Å². The summed E-state index contributed by atoms with van der Waals surface area (Å²) < 4.78 is 33.2. The van der Waals surface area contributed by atoms with Crippen LogP contribution in [-0.4, -0.2) is 33.5 Å². The number of carbonyl (C=O) groups excluding carboxylic acids is 1. The molecule has 0 heterocycles.